The minimum atomic E-state index is -0.522. The lowest BCUT2D eigenvalue weighted by Crippen LogP contribution is -1.86. The van der Waals surface area contributed by atoms with Crippen LogP contribution >= 0.6 is 0 Å². The van der Waals surface area contributed by atoms with Crippen molar-refractivity contribution >= 4 is 5.69 Å². The minimum Gasteiger partial charge on any atom is -0.334 e. The third-order valence-corrected chi connectivity index (χ3v) is 2.83. The van der Waals surface area contributed by atoms with Gasteiger partial charge in [-0.15, -0.1) is 0 Å². The van der Waals surface area contributed by atoms with Gasteiger partial charge in [-0.2, -0.15) is 4.98 Å². The number of benzene rings is 1. The number of halogens is 1. The summed E-state index contributed by atoms with van der Waals surface area (Å²) < 4.78 is 18.5. The molecule has 21 heavy (non-hydrogen) atoms. The fourth-order valence-corrected chi connectivity index (χ4v) is 1.81. The zero-order valence-corrected chi connectivity index (χ0v) is 11.0. The van der Waals surface area contributed by atoms with E-state index < -0.39 is 5.82 Å². The van der Waals surface area contributed by atoms with Gasteiger partial charge in [-0.1, -0.05) is 11.2 Å². The Morgan fingerprint density at radius 1 is 1.24 bits per heavy atom. The summed E-state index contributed by atoms with van der Waals surface area (Å²) in [6, 6.07) is 7.55. The van der Waals surface area contributed by atoms with Gasteiger partial charge in [0.1, 0.15) is 11.5 Å². The van der Waals surface area contributed by atoms with Gasteiger partial charge in [-0.05, 0) is 36.8 Å². The molecule has 0 bridgehead atoms. The second kappa shape index (κ2) is 5.13. The molecule has 0 saturated carbocycles. The van der Waals surface area contributed by atoms with Crippen LogP contribution in [0.25, 0.3) is 27.8 Å². The van der Waals surface area contributed by atoms with E-state index in [1.54, 1.807) is 12.3 Å². The molecule has 2 heterocycles. The van der Waals surface area contributed by atoms with E-state index >= 15 is 0 Å². The highest BCUT2D eigenvalue weighted by Gasteiger charge is 2.13. The van der Waals surface area contributed by atoms with Crippen molar-refractivity contribution in [2.75, 3.05) is 0 Å². The van der Waals surface area contributed by atoms with Gasteiger partial charge >= 0.3 is 0 Å². The van der Waals surface area contributed by atoms with E-state index in [1.165, 1.54) is 12.1 Å². The van der Waals surface area contributed by atoms with E-state index in [0.717, 1.165) is 11.6 Å². The van der Waals surface area contributed by atoms with Crippen molar-refractivity contribution in [1.29, 1.82) is 0 Å². The first-order valence-corrected chi connectivity index (χ1v) is 6.11. The van der Waals surface area contributed by atoms with E-state index in [9.17, 15) is 4.39 Å². The van der Waals surface area contributed by atoms with Crippen LogP contribution in [0.5, 0.6) is 0 Å². The minimum absolute atomic E-state index is 0.150. The number of rotatable bonds is 2. The number of aromatic nitrogens is 3. The predicted octanol–water partition coefficient (Wildman–Crippen LogP) is 3.80. The SMILES string of the molecule is [C-]#[N+]c1cc(F)cc(-c2nc(-c3ccc(C)cn3)no2)c1. The Labute approximate surface area is 119 Å². The van der Waals surface area contributed by atoms with Crippen LogP contribution < -0.4 is 0 Å². The first-order chi connectivity index (χ1) is 10.2. The van der Waals surface area contributed by atoms with Crippen molar-refractivity contribution in [3.05, 3.63) is 59.3 Å². The van der Waals surface area contributed by atoms with Crippen molar-refractivity contribution in [3.8, 4) is 23.0 Å². The van der Waals surface area contributed by atoms with Gasteiger partial charge in [-0.25, -0.2) is 9.24 Å². The van der Waals surface area contributed by atoms with Gasteiger partial charge < -0.3 is 4.52 Å². The lowest BCUT2D eigenvalue weighted by atomic mass is 10.2. The summed E-state index contributed by atoms with van der Waals surface area (Å²) in [5.74, 6) is -0.0536. The molecule has 0 spiro atoms. The molecule has 0 fully saturated rings. The standard InChI is InChI=1S/C15H9FN4O/c1-9-3-4-13(18-8-9)14-19-15(21-20-14)10-5-11(16)7-12(6-10)17-2/h3-8H,1H3. The number of nitrogens with zero attached hydrogens (tertiary/aromatic N) is 4. The van der Waals surface area contributed by atoms with Crippen molar-refractivity contribution in [3.63, 3.8) is 0 Å². The molecule has 0 saturated heterocycles. The van der Waals surface area contributed by atoms with E-state index in [-0.39, 0.29) is 11.6 Å². The van der Waals surface area contributed by atoms with Crippen molar-refractivity contribution in [2.24, 2.45) is 0 Å². The smallest absolute Gasteiger partial charge is 0.257 e. The molecule has 1 aromatic carbocycles. The molecule has 0 aliphatic carbocycles. The summed E-state index contributed by atoms with van der Waals surface area (Å²) in [6.45, 7) is 8.87. The largest absolute Gasteiger partial charge is 0.334 e. The molecule has 0 unspecified atom stereocenters. The first kappa shape index (κ1) is 12.9. The highest BCUT2D eigenvalue weighted by atomic mass is 19.1. The van der Waals surface area contributed by atoms with Crippen LogP contribution in [-0.4, -0.2) is 15.1 Å². The fourth-order valence-electron chi connectivity index (χ4n) is 1.81. The van der Waals surface area contributed by atoms with Crippen LogP contribution in [0.1, 0.15) is 5.56 Å². The molecule has 0 aliphatic heterocycles. The van der Waals surface area contributed by atoms with E-state index in [2.05, 4.69) is 20.0 Å². The third-order valence-electron chi connectivity index (χ3n) is 2.83. The average Bonchev–Trinajstić information content (AvgIpc) is 2.97. The highest BCUT2D eigenvalue weighted by molar-refractivity contribution is 5.63. The Morgan fingerprint density at radius 3 is 2.81 bits per heavy atom. The Bertz CT molecular complexity index is 834. The van der Waals surface area contributed by atoms with Crippen LogP contribution in [0, 0.1) is 19.3 Å². The van der Waals surface area contributed by atoms with E-state index in [1.807, 2.05) is 13.0 Å². The highest BCUT2D eigenvalue weighted by Crippen LogP contribution is 2.26. The third kappa shape index (κ3) is 2.62. The summed E-state index contributed by atoms with van der Waals surface area (Å²) in [6.07, 6.45) is 1.70. The molecule has 0 radical (unpaired) electrons. The maximum Gasteiger partial charge on any atom is 0.257 e. The van der Waals surface area contributed by atoms with Gasteiger partial charge in [0.05, 0.1) is 6.57 Å². The van der Waals surface area contributed by atoms with Crippen LogP contribution in [0.4, 0.5) is 10.1 Å². The number of hydrogen-bond acceptors (Lipinski definition) is 4. The van der Waals surface area contributed by atoms with E-state index in [4.69, 9.17) is 11.1 Å². The van der Waals surface area contributed by atoms with Gasteiger partial charge in [0.2, 0.25) is 5.82 Å². The lowest BCUT2D eigenvalue weighted by molar-refractivity contribution is 0.432. The molecule has 0 aliphatic rings. The van der Waals surface area contributed by atoms with Crippen LogP contribution in [0.3, 0.4) is 0 Å². The van der Waals surface area contributed by atoms with Gasteiger partial charge in [0.25, 0.3) is 5.89 Å². The first-order valence-electron chi connectivity index (χ1n) is 6.11. The van der Waals surface area contributed by atoms with Crippen molar-refractivity contribution in [1.82, 2.24) is 15.1 Å². The molecular formula is C15H9FN4O. The molecule has 102 valence electrons. The molecule has 6 heteroatoms. The zero-order valence-electron chi connectivity index (χ0n) is 11.0. The van der Waals surface area contributed by atoms with Crippen LogP contribution in [-0.2, 0) is 0 Å². The molecule has 2 aromatic heterocycles. The molecule has 3 rings (SSSR count). The van der Waals surface area contributed by atoms with Crippen LogP contribution in [0.2, 0.25) is 0 Å². The Morgan fingerprint density at radius 2 is 2.10 bits per heavy atom. The normalized spacial score (nSPS) is 10.3. The lowest BCUT2D eigenvalue weighted by Gasteiger charge is -1.96. The average molecular weight is 280 g/mol. The zero-order chi connectivity index (χ0) is 14.8. The summed E-state index contributed by atoms with van der Waals surface area (Å²) >= 11 is 0. The van der Waals surface area contributed by atoms with E-state index in [0.29, 0.717) is 17.1 Å². The number of pyridine rings is 1. The summed E-state index contributed by atoms with van der Waals surface area (Å²) in [7, 11) is 0. The molecule has 0 N–H and O–H groups in total. The Hall–Kier alpha value is -3.07. The quantitative estimate of drug-likeness (QED) is 0.670. The fraction of sp³-hybridized carbons (Fsp3) is 0.0667. The maximum atomic E-state index is 13.4. The predicted molar refractivity (Wildman–Crippen MR) is 73.9 cm³/mol. The second-order valence-electron chi connectivity index (χ2n) is 4.45. The number of hydrogen-bond donors (Lipinski definition) is 0. The summed E-state index contributed by atoms with van der Waals surface area (Å²) in [5.41, 5.74) is 2.14. The van der Waals surface area contributed by atoms with Crippen molar-refractivity contribution < 1.29 is 8.91 Å². The molecule has 0 atom stereocenters. The topological polar surface area (TPSA) is 56.2 Å². The summed E-state index contributed by atoms with van der Waals surface area (Å²) in [5, 5.41) is 3.83. The Kier molecular flexibility index (Phi) is 3.16. The van der Waals surface area contributed by atoms with Crippen molar-refractivity contribution in [2.45, 2.75) is 6.92 Å². The second-order valence-corrected chi connectivity index (χ2v) is 4.45. The molecule has 0 amide bonds. The monoisotopic (exact) mass is 280 g/mol. The molecule has 5 nitrogen and oxygen atoms in total. The van der Waals surface area contributed by atoms with Gasteiger partial charge in [0, 0.05) is 11.8 Å². The van der Waals surface area contributed by atoms with Crippen LogP contribution in [0.15, 0.2) is 41.1 Å². The Balaban J connectivity index is 2.00. The van der Waals surface area contributed by atoms with Gasteiger partial charge in [0.15, 0.2) is 5.69 Å². The van der Waals surface area contributed by atoms with Gasteiger partial charge in [-0.3, -0.25) is 4.98 Å². The molecule has 3 aromatic rings. The summed E-state index contributed by atoms with van der Waals surface area (Å²) in [4.78, 5) is 11.6. The molecular weight excluding hydrogens is 271 g/mol. The number of aryl methyl sites for hydroxylation is 1. The maximum absolute atomic E-state index is 13.4.